The summed E-state index contributed by atoms with van der Waals surface area (Å²) in [5.74, 6) is -0.363. The van der Waals surface area contributed by atoms with E-state index in [2.05, 4.69) is 26.1 Å². The first-order valence-electron chi connectivity index (χ1n) is 4.92. The molecule has 5 heteroatoms. The number of carbonyl (C=O) groups is 1. The molecule has 0 aliphatic carbocycles. The first-order valence-corrected chi connectivity index (χ1v) is 4.92. The Morgan fingerprint density at radius 2 is 2.20 bits per heavy atom. The zero-order valence-electron chi connectivity index (χ0n) is 9.73. The minimum atomic E-state index is -0.363. The van der Waals surface area contributed by atoms with Crippen LogP contribution in [0.3, 0.4) is 0 Å². The van der Waals surface area contributed by atoms with Crippen molar-refractivity contribution in [3.05, 3.63) is 18.2 Å². The Morgan fingerprint density at radius 1 is 1.53 bits per heavy atom. The summed E-state index contributed by atoms with van der Waals surface area (Å²) in [6.07, 6.45) is 3.36. The molecule has 0 N–H and O–H groups in total. The maximum absolute atomic E-state index is 11.3. The molecular weight excluding hydrogens is 194 g/mol. The van der Waals surface area contributed by atoms with Gasteiger partial charge in [-0.2, -0.15) is 0 Å². The van der Waals surface area contributed by atoms with E-state index in [0.29, 0.717) is 12.3 Å². The first kappa shape index (κ1) is 11.7. The van der Waals surface area contributed by atoms with Crippen molar-refractivity contribution in [2.75, 3.05) is 27.7 Å². The van der Waals surface area contributed by atoms with Gasteiger partial charge >= 0.3 is 5.97 Å². The van der Waals surface area contributed by atoms with Gasteiger partial charge in [0.2, 0.25) is 0 Å². The van der Waals surface area contributed by atoms with Gasteiger partial charge in [-0.25, -0.2) is 9.78 Å². The average Bonchev–Trinajstić information content (AvgIpc) is 2.50. The van der Waals surface area contributed by atoms with Crippen LogP contribution in [0.1, 0.15) is 17.4 Å². The highest BCUT2D eigenvalue weighted by Gasteiger charge is 2.13. The Morgan fingerprint density at radius 3 is 2.73 bits per heavy atom. The fraction of sp³-hybridized carbons (Fsp3) is 0.600. The van der Waals surface area contributed by atoms with Gasteiger partial charge in [0.1, 0.15) is 6.33 Å². The van der Waals surface area contributed by atoms with E-state index in [0.717, 1.165) is 11.2 Å². The number of rotatable bonds is 4. The van der Waals surface area contributed by atoms with Crippen molar-refractivity contribution >= 4 is 5.97 Å². The normalized spacial score (nSPS) is 11.5. The fourth-order valence-corrected chi connectivity index (χ4v) is 1.24. The Labute approximate surface area is 89.9 Å². The summed E-state index contributed by atoms with van der Waals surface area (Å²) in [5.41, 5.74) is 0.366. The molecule has 1 heterocycles. The van der Waals surface area contributed by atoms with Crippen molar-refractivity contribution in [3.63, 3.8) is 0 Å². The lowest BCUT2D eigenvalue weighted by atomic mass is 10.5. The number of nitrogens with zero attached hydrogens (tertiary/aromatic N) is 3. The third-order valence-corrected chi connectivity index (χ3v) is 1.71. The van der Waals surface area contributed by atoms with Gasteiger partial charge in [-0.1, -0.05) is 0 Å². The van der Waals surface area contributed by atoms with Gasteiger partial charge in [0.25, 0.3) is 0 Å². The van der Waals surface area contributed by atoms with Crippen molar-refractivity contribution in [1.82, 2.24) is 9.55 Å². The fourth-order valence-electron chi connectivity index (χ4n) is 1.24. The monoisotopic (exact) mass is 212 g/mol. The molecule has 1 rings (SSSR count). The maximum Gasteiger partial charge on any atom is 0.358 e. The largest absolute Gasteiger partial charge is 0.461 e. The van der Waals surface area contributed by atoms with Crippen LogP contribution in [0.4, 0.5) is 0 Å². The minimum Gasteiger partial charge on any atom is -0.461 e. The van der Waals surface area contributed by atoms with Crippen molar-refractivity contribution in [1.29, 1.82) is 0 Å². The lowest BCUT2D eigenvalue weighted by molar-refractivity contribution is -0.893. The Hall–Kier alpha value is -1.36. The molecule has 0 aliphatic rings. The van der Waals surface area contributed by atoms with E-state index in [-0.39, 0.29) is 5.97 Å². The number of esters is 1. The standard InChI is InChI=1S/C10H18N3O2/c1-5-15-10(14)9-6-12(7-11-9)8-13(2,3)4/h6-7H,5,8H2,1-4H3/q+1. The van der Waals surface area contributed by atoms with Crippen LogP contribution >= 0.6 is 0 Å². The van der Waals surface area contributed by atoms with Crippen molar-refractivity contribution < 1.29 is 14.0 Å². The third kappa shape index (κ3) is 3.71. The molecule has 5 nitrogen and oxygen atoms in total. The summed E-state index contributed by atoms with van der Waals surface area (Å²) in [7, 11) is 6.22. The molecule has 0 atom stereocenters. The minimum absolute atomic E-state index is 0.363. The molecule has 0 aromatic carbocycles. The average molecular weight is 212 g/mol. The van der Waals surface area contributed by atoms with Crippen LogP contribution in [0.15, 0.2) is 12.5 Å². The smallest absolute Gasteiger partial charge is 0.358 e. The second kappa shape index (κ2) is 4.44. The molecule has 84 valence electrons. The Bertz CT molecular complexity index is 339. The Balaban J connectivity index is 2.68. The molecule has 0 amide bonds. The third-order valence-electron chi connectivity index (χ3n) is 1.71. The quantitative estimate of drug-likeness (QED) is 0.545. The van der Waals surface area contributed by atoms with Crippen LogP contribution < -0.4 is 0 Å². The molecule has 0 spiro atoms. The molecule has 0 bridgehead atoms. The van der Waals surface area contributed by atoms with Gasteiger partial charge in [-0.3, -0.25) is 4.57 Å². The van der Waals surface area contributed by atoms with E-state index >= 15 is 0 Å². The molecule has 0 saturated carbocycles. The van der Waals surface area contributed by atoms with Crippen LogP contribution in [0, 0.1) is 0 Å². The van der Waals surface area contributed by atoms with E-state index in [1.807, 2.05) is 4.57 Å². The highest BCUT2D eigenvalue weighted by molar-refractivity contribution is 5.86. The number of ether oxygens (including phenoxy) is 1. The van der Waals surface area contributed by atoms with Crippen LogP contribution in [0.2, 0.25) is 0 Å². The van der Waals surface area contributed by atoms with Gasteiger partial charge in [0.15, 0.2) is 12.4 Å². The van der Waals surface area contributed by atoms with Gasteiger partial charge in [0.05, 0.1) is 27.7 Å². The SMILES string of the molecule is CCOC(=O)c1cn(C[N+](C)(C)C)cn1. The van der Waals surface area contributed by atoms with Gasteiger partial charge in [-0.15, -0.1) is 0 Å². The second-order valence-electron chi connectivity index (χ2n) is 4.43. The van der Waals surface area contributed by atoms with Crippen molar-refractivity contribution in [2.24, 2.45) is 0 Å². The number of quaternary nitrogens is 1. The van der Waals surface area contributed by atoms with E-state index in [9.17, 15) is 4.79 Å². The van der Waals surface area contributed by atoms with Crippen LogP contribution in [-0.4, -0.2) is 47.8 Å². The highest BCUT2D eigenvalue weighted by atomic mass is 16.5. The first-order chi connectivity index (χ1) is 6.92. The van der Waals surface area contributed by atoms with Crippen LogP contribution in [-0.2, 0) is 11.4 Å². The van der Waals surface area contributed by atoms with E-state index in [1.165, 1.54) is 0 Å². The lowest BCUT2D eigenvalue weighted by Gasteiger charge is -2.23. The molecule has 15 heavy (non-hydrogen) atoms. The number of imidazole rings is 1. The zero-order chi connectivity index (χ0) is 11.5. The summed E-state index contributed by atoms with van der Waals surface area (Å²) < 4.78 is 7.51. The Kier molecular flexibility index (Phi) is 3.47. The summed E-state index contributed by atoms with van der Waals surface area (Å²) in [4.78, 5) is 15.3. The topological polar surface area (TPSA) is 44.1 Å². The highest BCUT2D eigenvalue weighted by Crippen LogP contribution is 2.02. The number of hydrogen-bond donors (Lipinski definition) is 0. The van der Waals surface area contributed by atoms with Gasteiger partial charge in [-0.05, 0) is 6.92 Å². The van der Waals surface area contributed by atoms with Crippen molar-refractivity contribution in [2.45, 2.75) is 13.6 Å². The summed E-state index contributed by atoms with van der Waals surface area (Å²) in [6.45, 7) is 2.92. The van der Waals surface area contributed by atoms with E-state index in [4.69, 9.17) is 4.74 Å². The van der Waals surface area contributed by atoms with Crippen LogP contribution in [0.25, 0.3) is 0 Å². The molecule has 1 aromatic rings. The molecule has 0 fully saturated rings. The molecule has 0 radical (unpaired) electrons. The van der Waals surface area contributed by atoms with Crippen LogP contribution in [0.5, 0.6) is 0 Å². The summed E-state index contributed by atoms with van der Waals surface area (Å²) >= 11 is 0. The zero-order valence-corrected chi connectivity index (χ0v) is 9.73. The maximum atomic E-state index is 11.3. The number of aromatic nitrogens is 2. The number of hydrogen-bond acceptors (Lipinski definition) is 3. The summed E-state index contributed by atoms with van der Waals surface area (Å²) in [5, 5.41) is 0. The lowest BCUT2D eigenvalue weighted by Crippen LogP contribution is -2.35. The van der Waals surface area contributed by atoms with E-state index in [1.54, 1.807) is 19.4 Å². The predicted molar refractivity (Wildman–Crippen MR) is 56.2 cm³/mol. The second-order valence-corrected chi connectivity index (χ2v) is 4.43. The molecular formula is C10H18N3O2+. The van der Waals surface area contributed by atoms with Gasteiger partial charge < -0.3 is 9.22 Å². The molecule has 0 aliphatic heterocycles. The van der Waals surface area contributed by atoms with Gasteiger partial charge in [0, 0.05) is 6.20 Å². The molecule has 1 aromatic heterocycles. The summed E-state index contributed by atoms with van der Waals surface area (Å²) in [6, 6.07) is 0. The predicted octanol–water partition coefficient (Wildman–Crippen LogP) is 0.723. The van der Waals surface area contributed by atoms with E-state index < -0.39 is 0 Å². The molecule has 0 saturated heterocycles. The molecule has 0 unspecified atom stereocenters. The van der Waals surface area contributed by atoms with Crippen molar-refractivity contribution in [3.8, 4) is 0 Å². The number of carbonyl (C=O) groups excluding carboxylic acids is 1.